The van der Waals surface area contributed by atoms with Gasteiger partial charge < -0.3 is 24.6 Å². The number of benzene rings is 1. The Morgan fingerprint density at radius 1 is 1.17 bits per heavy atom. The second kappa shape index (κ2) is 9.60. The molecule has 154 valence electrons. The molecule has 7 nitrogen and oxygen atoms in total. The molecule has 1 aliphatic rings. The lowest BCUT2D eigenvalue weighted by molar-refractivity contribution is -0.315. The summed E-state index contributed by atoms with van der Waals surface area (Å²) in [5.74, 6) is -3.69. The number of halogens is 2. The van der Waals surface area contributed by atoms with Crippen molar-refractivity contribution in [1.82, 2.24) is 5.32 Å². The largest absolute Gasteiger partial charge is 0.483 e. The molecule has 0 aliphatic carbocycles. The number of aliphatic hydroxyl groups is 1. The number of hydrogen-bond acceptors (Lipinski definition) is 8. The van der Waals surface area contributed by atoms with Gasteiger partial charge in [0.1, 0.15) is 18.4 Å². The van der Waals surface area contributed by atoms with Crippen LogP contribution in [0.15, 0.2) is 47.9 Å². The molecule has 2 N–H and O–H groups in total. The fourth-order valence-electron chi connectivity index (χ4n) is 2.55. The van der Waals surface area contributed by atoms with Crippen LogP contribution in [0.4, 0.5) is 0 Å². The Bertz CT molecular complexity index is 882. The predicted molar refractivity (Wildman–Crippen MR) is 108 cm³/mol. The molecule has 0 saturated carbocycles. The van der Waals surface area contributed by atoms with Crippen molar-refractivity contribution in [3.8, 4) is 5.75 Å². The molecule has 2 aromatic rings. The van der Waals surface area contributed by atoms with Crippen molar-refractivity contribution < 1.29 is 28.9 Å². The molecule has 1 aromatic heterocycles. The standard InChI is InChI=1S/C19H17Cl2NO6S/c20-12-3-4-13(21)15(10-12)26-14(16-2-1-9-29-16)7-8-22-11-19(25)27-17(23)5-6-18(24)28-19/h1-6,9-10,14,22,25H,7-8,11H2/t14-/m1/s1. The highest BCUT2D eigenvalue weighted by Gasteiger charge is 2.37. The van der Waals surface area contributed by atoms with E-state index in [4.69, 9.17) is 37.4 Å². The molecule has 0 bridgehead atoms. The zero-order valence-corrected chi connectivity index (χ0v) is 17.3. The summed E-state index contributed by atoms with van der Waals surface area (Å²) >= 11 is 13.7. The van der Waals surface area contributed by atoms with Crippen LogP contribution in [0, 0.1) is 0 Å². The minimum atomic E-state index is -2.38. The molecular formula is C19H17Cl2NO6S. The molecule has 0 amide bonds. The Kier molecular flexibility index (Phi) is 7.15. The van der Waals surface area contributed by atoms with Crippen LogP contribution in [0.3, 0.4) is 0 Å². The molecule has 0 fully saturated rings. The average Bonchev–Trinajstić information content (AvgIpc) is 3.15. The first-order valence-corrected chi connectivity index (χ1v) is 10.2. The lowest BCUT2D eigenvalue weighted by Crippen LogP contribution is -2.47. The van der Waals surface area contributed by atoms with Crippen molar-refractivity contribution in [2.75, 3.05) is 13.1 Å². The Labute approximate surface area is 180 Å². The van der Waals surface area contributed by atoms with Crippen LogP contribution in [0.5, 0.6) is 5.75 Å². The zero-order valence-electron chi connectivity index (χ0n) is 15.0. The molecule has 0 saturated heterocycles. The van der Waals surface area contributed by atoms with E-state index in [1.165, 1.54) is 11.3 Å². The number of carbonyl (C=O) groups excluding carboxylic acids is 2. The van der Waals surface area contributed by atoms with E-state index in [9.17, 15) is 14.7 Å². The van der Waals surface area contributed by atoms with E-state index in [1.807, 2.05) is 17.5 Å². The Morgan fingerprint density at radius 2 is 1.90 bits per heavy atom. The summed E-state index contributed by atoms with van der Waals surface area (Å²) in [7, 11) is 0. The maximum Gasteiger partial charge on any atom is 0.387 e. The van der Waals surface area contributed by atoms with E-state index in [-0.39, 0.29) is 12.6 Å². The average molecular weight is 458 g/mol. The molecule has 1 aliphatic heterocycles. The topological polar surface area (TPSA) is 94.1 Å². The van der Waals surface area contributed by atoms with E-state index in [1.54, 1.807) is 18.2 Å². The zero-order chi connectivity index (χ0) is 20.9. The van der Waals surface area contributed by atoms with E-state index in [0.717, 1.165) is 17.0 Å². The fraction of sp³-hybridized carbons (Fsp3) is 0.263. The van der Waals surface area contributed by atoms with Gasteiger partial charge in [-0.05, 0) is 30.1 Å². The lowest BCUT2D eigenvalue weighted by Gasteiger charge is -2.25. The van der Waals surface area contributed by atoms with Gasteiger partial charge in [0.15, 0.2) is 0 Å². The summed E-state index contributed by atoms with van der Waals surface area (Å²) in [6.07, 6.45) is 1.92. The van der Waals surface area contributed by atoms with Gasteiger partial charge in [0.05, 0.1) is 5.02 Å². The Hall–Kier alpha value is -2.10. The Balaban J connectivity index is 1.60. The van der Waals surface area contributed by atoms with Gasteiger partial charge in [-0.25, -0.2) is 9.59 Å². The van der Waals surface area contributed by atoms with Gasteiger partial charge in [0.25, 0.3) is 0 Å². The van der Waals surface area contributed by atoms with Crippen molar-refractivity contribution in [2.24, 2.45) is 0 Å². The predicted octanol–water partition coefficient (Wildman–Crippen LogP) is 3.46. The van der Waals surface area contributed by atoms with E-state index in [0.29, 0.717) is 28.8 Å². The van der Waals surface area contributed by atoms with Crippen LogP contribution >= 0.6 is 34.5 Å². The first-order chi connectivity index (χ1) is 13.8. The van der Waals surface area contributed by atoms with Gasteiger partial charge in [-0.2, -0.15) is 0 Å². The third kappa shape index (κ3) is 6.19. The summed E-state index contributed by atoms with van der Waals surface area (Å²) in [5, 5.41) is 16.0. The second-order valence-corrected chi connectivity index (χ2v) is 7.87. The number of esters is 2. The molecular weight excluding hydrogens is 441 g/mol. The first kappa shape index (κ1) is 21.6. The number of hydrogen-bond donors (Lipinski definition) is 2. The second-order valence-electron chi connectivity index (χ2n) is 6.05. The van der Waals surface area contributed by atoms with Crippen LogP contribution in [0.25, 0.3) is 0 Å². The van der Waals surface area contributed by atoms with Crippen molar-refractivity contribution in [3.05, 3.63) is 62.8 Å². The van der Waals surface area contributed by atoms with Crippen molar-refractivity contribution in [2.45, 2.75) is 18.5 Å². The smallest absolute Gasteiger partial charge is 0.387 e. The number of nitrogens with one attached hydrogen (secondary N) is 1. The SMILES string of the molecule is O=C1C=CC(=O)OC(O)(CNCC[C@@H](Oc2cc(Cl)ccc2Cl)c2cccs2)O1. The number of ether oxygens (including phenoxy) is 3. The fourth-order valence-corrected chi connectivity index (χ4v) is 3.66. The van der Waals surface area contributed by atoms with Crippen LogP contribution in [-0.2, 0) is 19.1 Å². The third-order valence-electron chi connectivity index (χ3n) is 3.83. The maximum atomic E-state index is 11.4. The number of rotatable bonds is 8. The molecule has 3 rings (SSSR count). The van der Waals surface area contributed by atoms with Crippen molar-refractivity contribution >= 4 is 46.5 Å². The van der Waals surface area contributed by atoms with E-state index >= 15 is 0 Å². The summed E-state index contributed by atoms with van der Waals surface area (Å²) in [6.45, 7) is 0.0484. The quantitative estimate of drug-likeness (QED) is 0.462. The molecule has 1 atom stereocenters. The number of cyclic esters (lactones) is 2. The Morgan fingerprint density at radius 3 is 2.55 bits per heavy atom. The first-order valence-electron chi connectivity index (χ1n) is 8.57. The number of thiophene rings is 1. The van der Waals surface area contributed by atoms with E-state index in [2.05, 4.69) is 5.32 Å². The van der Waals surface area contributed by atoms with Crippen LogP contribution in [0.2, 0.25) is 10.0 Å². The molecule has 29 heavy (non-hydrogen) atoms. The molecule has 10 heteroatoms. The lowest BCUT2D eigenvalue weighted by atomic mass is 10.2. The van der Waals surface area contributed by atoms with Crippen molar-refractivity contribution in [1.29, 1.82) is 0 Å². The summed E-state index contributed by atoms with van der Waals surface area (Å²) < 4.78 is 15.5. The number of carbonyl (C=O) groups is 2. The van der Waals surface area contributed by atoms with Crippen LogP contribution in [0.1, 0.15) is 17.4 Å². The summed E-state index contributed by atoms with van der Waals surface area (Å²) in [6, 6.07) is 8.80. The van der Waals surface area contributed by atoms with Crippen LogP contribution in [-0.4, -0.2) is 36.1 Å². The van der Waals surface area contributed by atoms with Crippen LogP contribution < -0.4 is 10.1 Å². The highest BCUT2D eigenvalue weighted by atomic mass is 35.5. The van der Waals surface area contributed by atoms with Gasteiger partial charge in [-0.15, -0.1) is 11.3 Å². The minimum absolute atomic E-state index is 0.304. The molecule has 1 aromatic carbocycles. The maximum absolute atomic E-state index is 11.4. The highest BCUT2D eigenvalue weighted by Crippen LogP contribution is 2.34. The van der Waals surface area contributed by atoms with Gasteiger partial charge in [0.2, 0.25) is 0 Å². The van der Waals surface area contributed by atoms with E-state index < -0.39 is 17.9 Å². The van der Waals surface area contributed by atoms with Gasteiger partial charge in [0, 0.05) is 34.5 Å². The molecule has 0 spiro atoms. The normalized spacial score (nSPS) is 16.7. The molecule has 0 unspecified atom stereocenters. The monoisotopic (exact) mass is 457 g/mol. The molecule has 0 radical (unpaired) electrons. The summed E-state index contributed by atoms with van der Waals surface area (Å²) in [4.78, 5) is 23.8. The van der Waals surface area contributed by atoms with Gasteiger partial charge >= 0.3 is 17.9 Å². The highest BCUT2D eigenvalue weighted by molar-refractivity contribution is 7.10. The minimum Gasteiger partial charge on any atom is -0.483 e. The van der Waals surface area contributed by atoms with Crippen molar-refractivity contribution in [3.63, 3.8) is 0 Å². The third-order valence-corrected chi connectivity index (χ3v) is 5.34. The summed E-state index contributed by atoms with van der Waals surface area (Å²) in [5.41, 5.74) is 0. The van der Waals surface area contributed by atoms with Gasteiger partial charge in [-0.1, -0.05) is 29.3 Å². The molecule has 2 heterocycles. The van der Waals surface area contributed by atoms with Gasteiger partial charge in [-0.3, -0.25) is 0 Å².